The molecule has 0 bridgehead atoms. The quantitative estimate of drug-likeness (QED) is 0.797. The highest BCUT2D eigenvalue weighted by Crippen LogP contribution is 2.59. The first-order valence-electron chi connectivity index (χ1n) is 5.33. The topological polar surface area (TPSA) is 12.0 Å². The molecule has 3 heteroatoms. The molecule has 2 unspecified atom stereocenters. The number of halogens is 2. The Morgan fingerprint density at radius 3 is 2.67 bits per heavy atom. The van der Waals surface area contributed by atoms with Gasteiger partial charge < -0.3 is 5.32 Å². The summed E-state index contributed by atoms with van der Waals surface area (Å²) in [6.45, 7) is 3.40. The van der Waals surface area contributed by atoms with E-state index in [4.69, 9.17) is 23.2 Å². The molecule has 1 nitrogen and oxygen atoms in total. The standard InChI is InChI=1S/C12H13Cl2N/c1-7-12(5-9(12)6-15-7)8-2-3-10(13)11(14)4-8/h2-4,7,9,15H,5-6H2,1H3/t7-,9?,12?/m1/s1. The summed E-state index contributed by atoms with van der Waals surface area (Å²) < 4.78 is 0. The van der Waals surface area contributed by atoms with E-state index >= 15 is 0 Å². The van der Waals surface area contributed by atoms with E-state index in [1.807, 2.05) is 12.1 Å². The van der Waals surface area contributed by atoms with Crippen LogP contribution in [0.15, 0.2) is 18.2 Å². The molecule has 15 heavy (non-hydrogen) atoms. The molecule has 0 amide bonds. The Morgan fingerprint density at radius 2 is 2.13 bits per heavy atom. The normalized spacial score (nSPS) is 37.8. The molecule has 1 N–H and O–H groups in total. The van der Waals surface area contributed by atoms with Crippen LogP contribution in [-0.4, -0.2) is 12.6 Å². The van der Waals surface area contributed by atoms with Crippen molar-refractivity contribution in [2.24, 2.45) is 5.92 Å². The predicted molar refractivity (Wildman–Crippen MR) is 63.7 cm³/mol. The van der Waals surface area contributed by atoms with Crippen LogP contribution >= 0.6 is 23.2 Å². The second-order valence-electron chi connectivity index (χ2n) is 4.70. The molecule has 1 aliphatic carbocycles. The van der Waals surface area contributed by atoms with Crippen molar-refractivity contribution >= 4 is 23.2 Å². The minimum Gasteiger partial charge on any atom is -0.313 e. The molecule has 80 valence electrons. The number of fused-ring (bicyclic) bond motifs is 1. The van der Waals surface area contributed by atoms with Crippen molar-refractivity contribution in [3.05, 3.63) is 33.8 Å². The molecule has 0 spiro atoms. The SMILES string of the molecule is C[C@H]1NCC2CC21c1ccc(Cl)c(Cl)c1. The van der Waals surface area contributed by atoms with Gasteiger partial charge in [-0.15, -0.1) is 0 Å². The predicted octanol–water partition coefficient (Wildman–Crippen LogP) is 3.24. The summed E-state index contributed by atoms with van der Waals surface area (Å²) in [4.78, 5) is 0. The van der Waals surface area contributed by atoms with Gasteiger partial charge in [0, 0.05) is 11.5 Å². The number of hydrogen-bond acceptors (Lipinski definition) is 1. The van der Waals surface area contributed by atoms with Crippen LogP contribution in [0.25, 0.3) is 0 Å². The lowest BCUT2D eigenvalue weighted by Crippen LogP contribution is -2.31. The molecule has 0 radical (unpaired) electrons. The Morgan fingerprint density at radius 1 is 1.33 bits per heavy atom. The van der Waals surface area contributed by atoms with Crippen LogP contribution in [0.2, 0.25) is 10.0 Å². The van der Waals surface area contributed by atoms with E-state index in [9.17, 15) is 0 Å². The summed E-state index contributed by atoms with van der Waals surface area (Å²) in [7, 11) is 0. The largest absolute Gasteiger partial charge is 0.313 e. The zero-order valence-electron chi connectivity index (χ0n) is 8.56. The summed E-state index contributed by atoms with van der Waals surface area (Å²) in [5.41, 5.74) is 1.69. The maximum Gasteiger partial charge on any atom is 0.0595 e. The zero-order chi connectivity index (χ0) is 10.6. The van der Waals surface area contributed by atoms with E-state index in [1.54, 1.807) is 0 Å². The molecular formula is C12H13Cl2N. The minimum absolute atomic E-state index is 0.341. The number of hydrogen-bond donors (Lipinski definition) is 1. The van der Waals surface area contributed by atoms with Crippen molar-refractivity contribution in [3.63, 3.8) is 0 Å². The van der Waals surface area contributed by atoms with Gasteiger partial charge in [0.25, 0.3) is 0 Å². The van der Waals surface area contributed by atoms with Gasteiger partial charge in [0.2, 0.25) is 0 Å². The van der Waals surface area contributed by atoms with E-state index < -0.39 is 0 Å². The van der Waals surface area contributed by atoms with Crippen LogP contribution in [0, 0.1) is 5.92 Å². The van der Waals surface area contributed by atoms with Crippen molar-refractivity contribution < 1.29 is 0 Å². The molecule has 1 aromatic carbocycles. The lowest BCUT2D eigenvalue weighted by molar-refractivity contribution is 0.520. The highest BCUT2D eigenvalue weighted by Gasteiger charge is 2.62. The first-order chi connectivity index (χ1) is 7.14. The monoisotopic (exact) mass is 241 g/mol. The Kier molecular flexibility index (Phi) is 2.08. The molecule has 2 fully saturated rings. The molecule has 1 saturated carbocycles. The zero-order valence-corrected chi connectivity index (χ0v) is 10.1. The van der Waals surface area contributed by atoms with Crippen LogP contribution in [0.5, 0.6) is 0 Å². The Balaban J connectivity index is 2.03. The number of nitrogens with one attached hydrogen (secondary N) is 1. The third-order valence-corrected chi connectivity index (χ3v) is 4.79. The summed E-state index contributed by atoms with van der Waals surface area (Å²) >= 11 is 12.0. The average molecular weight is 242 g/mol. The molecule has 1 saturated heterocycles. The van der Waals surface area contributed by atoms with E-state index in [0.717, 1.165) is 12.5 Å². The highest BCUT2D eigenvalue weighted by atomic mass is 35.5. The van der Waals surface area contributed by atoms with Gasteiger partial charge in [0.1, 0.15) is 0 Å². The lowest BCUT2D eigenvalue weighted by Gasteiger charge is -2.20. The number of benzene rings is 1. The van der Waals surface area contributed by atoms with Gasteiger partial charge in [-0.05, 0) is 43.5 Å². The molecule has 3 atom stereocenters. The van der Waals surface area contributed by atoms with Crippen LogP contribution in [-0.2, 0) is 5.41 Å². The fraction of sp³-hybridized carbons (Fsp3) is 0.500. The van der Waals surface area contributed by atoms with E-state index in [1.165, 1.54) is 12.0 Å². The van der Waals surface area contributed by atoms with Crippen LogP contribution in [0.1, 0.15) is 18.9 Å². The fourth-order valence-corrected chi connectivity index (χ4v) is 3.32. The summed E-state index contributed by atoms with van der Waals surface area (Å²) in [5.74, 6) is 0.796. The van der Waals surface area contributed by atoms with E-state index in [-0.39, 0.29) is 0 Å². The van der Waals surface area contributed by atoms with Gasteiger partial charge in [-0.2, -0.15) is 0 Å². The second kappa shape index (κ2) is 3.13. The van der Waals surface area contributed by atoms with Gasteiger partial charge in [-0.3, -0.25) is 0 Å². The minimum atomic E-state index is 0.341. The van der Waals surface area contributed by atoms with Crippen LogP contribution in [0.3, 0.4) is 0 Å². The van der Waals surface area contributed by atoms with Crippen molar-refractivity contribution in [2.75, 3.05) is 6.54 Å². The lowest BCUT2D eigenvalue weighted by atomic mass is 9.89. The van der Waals surface area contributed by atoms with Gasteiger partial charge in [0.05, 0.1) is 10.0 Å². The summed E-state index contributed by atoms with van der Waals surface area (Å²) in [6.07, 6.45) is 1.29. The Hall–Kier alpha value is -0.240. The van der Waals surface area contributed by atoms with Crippen molar-refractivity contribution in [1.82, 2.24) is 5.32 Å². The number of rotatable bonds is 1. The molecule has 1 heterocycles. The number of piperidine rings is 1. The highest BCUT2D eigenvalue weighted by molar-refractivity contribution is 6.42. The second-order valence-corrected chi connectivity index (χ2v) is 5.51. The van der Waals surface area contributed by atoms with Gasteiger partial charge in [-0.1, -0.05) is 29.3 Å². The Labute approximate surface area is 99.8 Å². The van der Waals surface area contributed by atoms with Crippen molar-refractivity contribution in [1.29, 1.82) is 0 Å². The third-order valence-electron chi connectivity index (χ3n) is 4.05. The molecule has 2 aliphatic rings. The van der Waals surface area contributed by atoms with Crippen LogP contribution < -0.4 is 5.32 Å². The van der Waals surface area contributed by atoms with Crippen molar-refractivity contribution in [3.8, 4) is 0 Å². The van der Waals surface area contributed by atoms with Crippen molar-refractivity contribution in [2.45, 2.75) is 24.8 Å². The summed E-state index contributed by atoms with van der Waals surface area (Å²) in [6, 6.07) is 6.62. The summed E-state index contributed by atoms with van der Waals surface area (Å²) in [5, 5.41) is 4.84. The van der Waals surface area contributed by atoms with E-state index in [2.05, 4.69) is 18.3 Å². The smallest absolute Gasteiger partial charge is 0.0595 e. The molecule has 1 aromatic rings. The first kappa shape index (κ1) is 9.95. The molecule has 1 aliphatic heterocycles. The van der Waals surface area contributed by atoms with Gasteiger partial charge in [0.15, 0.2) is 0 Å². The van der Waals surface area contributed by atoms with E-state index in [0.29, 0.717) is 21.5 Å². The molecular weight excluding hydrogens is 229 g/mol. The van der Waals surface area contributed by atoms with Gasteiger partial charge >= 0.3 is 0 Å². The third kappa shape index (κ3) is 1.27. The molecule has 0 aromatic heterocycles. The molecule has 3 rings (SSSR count). The maximum atomic E-state index is 6.07. The fourth-order valence-electron chi connectivity index (χ4n) is 3.02. The Bertz CT molecular complexity index is 418. The maximum absolute atomic E-state index is 6.07. The van der Waals surface area contributed by atoms with Gasteiger partial charge in [-0.25, -0.2) is 0 Å². The average Bonchev–Trinajstić information content (AvgIpc) is 2.87. The first-order valence-corrected chi connectivity index (χ1v) is 6.09. The van der Waals surface area contributed by atoms with Crippen LogP contribution in [0.4, 0.5) is 0 Å².